The Morgan fingerprint density at radius 3 is 2.75 bits per heavy atom. The summed E-state index contributed by atoms with van der Waals surface area (Å²) >= 11 is 0. The summed E-state index contributed by atoms with van der Waals surface area (Å²) in [6.07, 6.45) is 4.74. The number of nitrogens with zero attached hydrogens (tertiary/aromatic N) is 1. The zero-order valence-corrected chi connectivity index (χ0v) is 11.5. The molecule has 0 atom stereocenters. The maximum atomic E-state index is 11.5. The third kappa shape index (κ3) is 3.49. The van der Waals surface area contributed by atoms with Gasteiger partial charge < -0.3 is 15.7 Å². The lowest BCUT2D eigenvalue weighted by molar-refractivity contribution is -0.143. The number of carboxylic acids is 1. The molecule has 20 heavy (non-hydrogen) atoms. The van der Waals surface area contributed by atoms with Crippen molar-refractivity contribution in [2.75, 3.05) is 13.1 Å². The van der Waals surface area contributed by atoms with E-state index in [1.165, 1.54) is 0 Å². The quantitative estimate of drug-likeness (QED) is 0.554. The average Bonchev–Trinajstić information content (AvgIpc) is 3.11. The number of aliphatic carboxylic acids is 1. The first-order valence-electron chi connectivity index (χ1n) is 6.77. The van der Waals surface area contributed by atoms with Crippen molar-refractivity contribution in [3.63, 3.8) is 0 Å². The second-order valence-corrected chi connectivity index (χ2v) is 5.32. The highest BCUT2D eigenvalue weighted by Gasteiger charge is 2.50. The van der Waals surface area contributed by atoms with Gasteiger partial charge in [0.2, 0.25) is 0 Å². The summed E-state index contributed by atoms with van der Waals surface area (Å²) in [7, 11) is 0. The number of aromatic nitrogens is 2. The van der Waals surface area contributed by atoms with Gasteiger partial charge in [-0.05, 0) is 38.2 Å². The topological polar surface area (TPSA) is 107 Å². The highest BCUT2D eigenvalue weighted by atomic mass is 16.4. The van der Waals surface area contributed by atoms with Crippen LogP contribution in [-0.2, 0) is 11.2 Å². The van der Waals surface area contributed by atoms with Crippen molar-refractivity contribution >= 4 is 12.0 Å². The van der Waals surface area contributed by atoms with Crippen LogP contribution in [0.5, 0.6) is 0 Å². The molecule has 0 radical (unpaired) electrons. The predicted octanol–water partition coefficient (Wildman–Crippen LogP) is 0.815. The zero-order chi connectivity index (χ0) is 14.6. The van der Waals surface area contributed by atoms with E-state index in [1.807, 2.05) is 6.92 Å². The van der Waals surface area contributed by atoms with Gasteiger partial charge in [0.15, 0.2) is 0 Å². The molecule has 1 fully saturated rings. The Morgan fingerprint density at radius 2 is 2.20 bits per heavy atom. The molecule has 110 valence electrons. The molecule has 7 nitrogen and oxygen atoms in total. The number of hydrogen-bond donors (Lipinski definition) is 4. The normalized spacial score (nSPS) is 15.7. The van der Waals surface area contributed by atoms with Crippen LogP contribution in [0.3, 0.4) is 0 Å². The van der Waals surface area contributed by atoms with E-state index >= 15 is 0 Å². The first-order chi connectivity index (χ1) is 9.53. The lowest BCUT2D eigenvalue weighted by Crippen LogP contribution is -2.41. The van der Waals surface area contributed by atoms with E-state index < -0.39 is 11.4 Å². The Kier molecular flexibility index (Phi) is 4.26. The van der Waals surface area contributed by atoms with Gasteiger partial charge in [-0.15, -0.1) is 0 Å². The van der Waals surface area contributed by atoms with Crippen LogP contribution in [-0.4, -0.2) is 40.4 Å². The highest BCUT2D eigenvalue weighted by molar-refractivity contribution is 5.80. The predicted molar refractivity (Wildman–Crippen MR) is 72.3 cm³/mol. The third-order valence-electron chi connectivity index (χ3n) is 3.74. The fourth-order valence-electron chi connectivity index (χ4n) is 2.04. The molecular weight excluding hydrogens is 260 g/mol. The Balaban J connectivity index is 1.59. The van der Waals surface area contributed by atoms with Gasteiger partial charge >= 0.3 is 12.0 Å². The van der Waals surface area contributed by atoms with Gasteiger partial charge in [0.05, 0.1) is 11.6 Å². The number of H-pyrrole nitrogens is 1. The van der Waals surface area contributed by atoms with Crippen LogP contribution in [0.25, 0.3) is 0 Å². The SMILES string of the molecule is Cc1[nH]ncc1CCCNC(=O)NCC1(C(=O)O)CC1. The van der Waals surface area contributed by atoms with Gasteiger partial charge in [-0.25, -0.2) is 4.79 Å². The molecule has 1 heterocycles. The smallest absolute Gasteiger partial charge is 0.314 e. The van der Waals surface area contributed by atoms with Crippen molar-refractivity contribution in [3.05, 3.63) is 17.5 Å². The fourth-order valence-corrected chi connectivity index (χ4v) is 2.04. The summed E-state index contributed by atoms with van der Waals surface area (Å²) in [4.78, 5) is 22.5. The van der Waals surface area contributed by atoms with Gasteiger partial charge in [-0.2, -0.15) is 5.10 Å². The van der Waals surface area contributed by atoms with Gasteiger partial charge in [0.1, 0.15) is 0 Å². The molecule has 4 N–H and O–H groups in total. The van der Waals surface area contributed by atoms with Crippen molar-refractivity contribution in [3.8, 4) is 0 Å². The van der Waals surface area contributed by atoms with E-state index in [-0.39, 0.29) is 12.6 Å². The Labute approximate surface area is 117 Å². The Hall–Kier alpha value is -2.05. The van der Waals surface area contributed by atoms with Crippen LogP contribution in [0.1, 0.15) is 30.5 Å². The molecular formula is C13H20N4O3. The largest absolute Gasteiger partial charge is 0.481 e. The molecule has 0 saturated heterocycles. The maximum absolute atomic E-state index is 11.5. The van der Waals surface area contributed by atoms with Crippen LogP contribution in [0.4, 0.5) is 4.79 Å². The lowest BCUT2D eigenvalue weighted by atomic mass is 10.1. The van der Waals surface area contributed by atoms with Crippen LogP contribution >= 0.6 is 0 Å². The molecule has 0 spiro atoms. The standard InChI is InChI=1S/C13H20N4O3/c1-9-10(7-16-17-9)3-2-6-14-12(20)15-8-13(4-5-13)11(18)19/h7H,2-6,8H2,1H3,(H,16,17)(H,18,19)(H2,14,15,20). The monoisotopic (exact) mass is 280 g/mol. The fraction of sp³-hybridized carbons (Fsp3) is 0.615. The maximum Gasteiger partial charge on any atom is 0.314 e. The molecule has 1 aromatic rings. The summed E-state index contributed by atoms with van der Waals surface area (Å²) in [5.41, 5.74) is 1.48. The molecule has 0 bridgehead atoms. The Morgan fingerprint density at radius 1 is 1.45 bits per heavy atom. The molecule has 1 aromatic heterocycles. The molecule has 1 saturated carbocycles. The number of rotatable bonds is 7. The van der Waals surface area contributed by atoms with E-state index in [0.717, 1.165) is 24.1 Å². The van der Waals surface area contributed by atoms with Gasteiger partial charge in [0, 0.05) is 18.8 Å². The summed E-state index contributed by atoms with van der Waals surface area (Å²) in [5.74, 6) is -0.826. The number of carbonyl (C=O) groups is 2. The highest BCUT2D eigenvalue weighted by Crippen LogP contribution is 2.45. The number of aryl methyl sites for hydroxylation is 2. The van der Waals surface area contributed by atoms with E-state index in [1.54, 1.807) is 6.20 Å². The van der Waals surface area contributed by atoms with Crippen LogP contribution in [0.2, 0.25) is 0 Å². The van der Waals surface area contributed by atoms with Gasteiger partial charge in [0.25, 0.3) is 0 Å². The lowest BCUT2D eigenvalue weighted by Gasteiger charge is -2.11. The summed E-state index contributed by atoms with van der Waals surface area (Å²) in [6.45, 7) is 2.72. The number of nitrogens with one attached hydrogen (secondary N) is 3. The summed E-state index contributed by atoms with van der Waals surface area (Å²) in [5, 5.41) is 21.1. The second-order valence-electron chi connectivity index (χ2n) is 5.32. The molecule has 7 heteroatoms. The molecule has 2 rings (SSSR count). The van der Waals surface area contributed by atoms with Gasteiger partial charge in [-0.3, -0.25) is 9.89 Å². The number of aromatic amines is 1. The van der Waals surface area contributed by atoms with Crippen molar-refractivity contribution in [1.82, 2.24) is 20.8 Å². The van der Waals surface area contributed by atoms with Crippen LogP contribution in [0, 0.1) is 12.3 Å². The van der Waals surface area contributed by atoms with Crippen molar-refractivity contribution in [2.24, 2.45) is 5.41 Å². The van der Waals surface area contributed by atoms with Crippen molar-refractivity contribution < 1.29 is 14.7 Å². The minimum absolute atomic E-state index is 0.203. The number of amides is 2. The second kappa shape index (κ2) is 5.94. The first-order valence-corrected chi connectivity index (χ1v) is 6.77. The molecule has 0 unspecified atom stereocenters. The number of carbonyl (C=O) groups excluding carboxylic acids is 1. The van der Waals surface area contributed by atoms with Crippen LogP contribution < -0.4 is 10.6 Å². The number of hydrogen-bond acceptors (Lipinski definition) is 3. The molecule has 0 aliphatic heterocycles. The Bertz CT molecular complexity index is 494. The zero-order valence-electron chi connectivity index (χ0n) is 11.5. The van der Waals surface area contributed by atoms with E-state index in [0.29, 0.717) is 19.4 Å². The number of urea groups is 1. The molecule has 1 aliphatic rings. The minimum Gasteiger partial charge on any atom is -0.481 e. The van der Waals surface area contributed by atoms with E-state index in [4.69, 9.17) is 5.11 Å². The van der Waals surface area contributed by atoms with E-state index in [9.17, 15) is 9.59 Å². The number of carboxylic acid groups (broad SMARTS) is 1. The van der Waals surface area contributed by atoms with Gasteiger partial charge in [-0.1, -0.05) is 0 Å². The van der Waals surface area contributed by atoms with Crippen molar-refractivity contribution in [1.29, 1.82) is 0 Å². The van der Waals surface area contributed by atoms with E-state index in [2.05, 4.69) is 20.8 Å². The average molecular weight is 280 g/mol. The summed E-state index contributed by atoms with van der Waals surface area (Å²) < 4.78 is 0. The molecule has 0 aromatic carbocycles. The van der Waals surface area contributed by atoms with Crippen molar-refractivity contribution in [2.45, 2.75) is 32.6 Å². The summed E-state index contributed by atoms with van der Waals surface area (Å²) in [6, 6.07) is -0.304. The molecule has 2 amide bonds. The first kappa shape index (κ1) is 14.4. The minimum atomic E-state index is -0.826. The molecule has 1 aliphatic carbocycles. The van der Waals surface area contributed by atoms with Crippen LogP contribution in [0.15, 0.2) is 6.20 Å². The third-order valence-corrected chi connectivity index (χ3v) is 3.74.